The predicted molar refractivity (Wildman–Crippen MR) is 86.2 cm³/mol. The van der Waals surface area contributed by atoms with E-state index < -0.39 is 6.10 Å². The van der Waals surface area contributed by atoms with Gasteiger partial charge < -0.3 is 10.4 Å². The van der Waals surface area contributed by atoms with E-state index >= 15 is 0 Å². The van der Waals surface area contributed by atoms with Crippen molar-refractivity contribution in [2.45, 2.75) is 50.8 Å². The first kappa shape index (κ1) is 16.4. The van der Waals surface area contributed by atoms with Crippen molar-refractivity contribution in [1.82, 2.24) is 10.2 Å². The summed E-state index contributed by atoms with van der Waals surface area (Å²) >= 11 is 0. The Labute approximate surface area is 136 Å². The number of halogens is 1. The third-order valence-electron chi connectivity index (χ3n) is 5.07. The average molecular weight is 320 g/mol. The molecule has 1 heterocycles. The maximum Gasteiger partial charge on any atom is 0.225 e. The quantitative estimate of drug-likeness (QED) is 0.893. The van der Waals surface area contributed by atoms with Gasteiger partial charge in [0.2, 0.25) is 5.91 Å². The maximum atomic E-state index is 12.9. The summed E-state index contributed by atoms with van der Waals surface area (Å²) in [5.41, 5.74) is 1.11. The van der Waals surface area contributed by atoms with Crippen LogP contribution in [0.1, 0.15) is 37.7 Å². The number of nitrogens with zero attached hydrogens (tertiary/aromatic N) is 1. The molecule has 1 aromatic carbocycles. The molecule has 2 aliphatic rings. The molecule has 2 atom stereocenters. The number of nitrogens with one attached hydrogen (secondary N) is 1. The van der Waals surface area contributed by atoms with Gasteiger partial charge in [0.1, 0.15) is 5.82 Å². The van der Waals surface area contributed by atoms with Gasteiger partial charge >= 0.3 is 0 Å². The summed E-state index contributed by atoms with van der Waals surface area (Å²) in [5.74, 6) is -0.400. The molecule has 5 heteroatoms. The first-order chi connectivity index (χ1) is 11.1. The second-order valence-corrected chi connectivity index (χ2v) is 6.79. The molecule has 0 bridgehead atoms. The van der Waals surface area contributed by atoms with Crippen LogP contribution in [0, 0.1) is 11.7 Å². The number of carbonyl (C=O) groups is 1. The molecular formula is C18H25FN2O2. The van der Waals surface area contributed by atoms with Crippen LogP contribution in [-0.4, -0.2) is 41.1 Å². The number of rotatable bonds is 4. The van der Waals surface area contributed by atoms with Gasteiger partial charge in [-0.3, -0.25) is 9.69 Å². The molecule has 3 rings (SSSR count). The van der Waals surface area contributed by atoms with Crippen LogP contribution in [0.4, 0.5) is 4.39 Å². The summed E-state index contributed by atoms with van der Waals surface area (Å²) in [6.45, 7) is 2.67. The average Bonchev–Trinajstić information content (AvgIpc) is 2.98. The van der Waals surface area contributed by atoms with Gasteiger partial charge in [-0.2, -0.15) is 0 Å². The molecule has 0 radical (unpaired) electrons. The van der Waals surface area contributed by atoms with Gasteiger partial charge in [0.15, 0.2) is 0 Å². The summed E-state index contributed by atoms with van der Waals surface area (Å²) in [6.07, 6.45) is 3.87. The van der Waals surface area contributed by atoms with E-state index in [0.717, 1.165) is 57.3 Å². The smallest absolute Gasteiger partial charge is 0.225 e. The zero-order valence-corrected chi connectivity index (χ0v) is 13.4. The van der Waals surface area contributed by atoms with Crippen molar-refractivity contribution in [3.8, 4) is 0 Å². The first-order valence-electron chi connectivity index (χ1n) is 8.57. The van der Waals surface area contributed by atoms with Gasteiger partial charge in [-0.15, -0.1) is 0 Å². The number of hydrogen-bond acceptors (Lipinski definition) is 3. The molecule has 1 aromatic rings. The molecular weight excluding hydrogens is 295 g/mol. The van der Waals surface area contributed by atoms with Crippen molar-refractivity contribution in [2.75, 3.05) is 13.1 Å². The Kier molecular flexibility index (Phi) is 5.28. The molecule has 2 fully saturated rings. The van der Waals surface area contributed by atoms with Crippen LogP contribution >= 0.6 is 0 Å². The normalized spacial score (nSPS) is 26.3. The van der Waals surface area contributed by atoms with Crippen molar-refractivity contribution in [3.05, 3.63) is 35.6 Å². The van der Waals surface area contributed by atoms with Crippen LogP contribution in [0.25, 0.3) is 0 Å². The Hall–Kier alpha value is -1.46. The van der Waals surface area contributed by atoms with Gasteiger partial charge in [-0.05, 0) is 49.8 Å². The molecule has 4 nitrogen and oxygen atoms in total. The topological polar surface area (TPSA) is 52.6 Å². The summed E-state index contributed by atoms with van der Waals surface area (Å²) < 4.78 is 12.9. The van der Waals surface area contributed by atoms with E-state index in [9.17, 15) is 14.3 Å². The molecule has 1 aliphatic heterocycles. The van der Waals surface area contributed by atoms with E-state index in [1.54, 1.807) is 0 Å². The fourth-order valence-electron chi connectivity index (χ4n) is 3.64. The summed E-state index contributed by atoms with van der Waals surface area (Å²) in [4.78, 5) is 14.5. The molecule has 2 N–H and O–H groups in total. The molecule has 1 aliphatic carbocycles. The van der Waals surface area contributed by atoms with Crippen LogP contribution in [-0.2, 0) is 11.3 Å². The largest absolute Gasteiger partial charge is 0.392 e. The SMILES string of the molecule is O=C(NC1CCN(Cc2ccc(F)cc2)CC1)C1CCCC1O. The lowest BCUT2D eigenvalue weighted by Gasteiger charge is -2.33. The van der Waals surface area contributed by atoms with Gasteiger partial charge in [-0.25, -0.2) is 4.39 Å². The summed E-state index contributed by atoms with van der Waals surface area (Å²) in [5, 5.41) is 12.9. The fraction of sp³-hybridized carbons (Fsp3) is 0.611. The highest BCUT2D eigenvalue weighted by molar-refractivity contribution is 5.79. The van der Waals surface area contributed by atoms with Crippen molar-refractivity contribution in [2.24, 2.45) is 5.92 Å². The van der Waals surface area contributed by atoms with Crippen LogP contribution in [0.15, 0.2) is 24.3 Å². The van der Waals surface area contributed by atoms with Crippen LogP contribution < -0.4 is 5.32 Å². The third-order valence-corrected chi connectivity index (χ3v) is 5.07. The van der Waals surface area contributed by atoms with Crippen molar-refractivity contribution >= 4 is 5.91 Å². The number of aliphatic hydroxyl groups excluding tert-OH is 1. The standard InChI is InChI=1S/C18H25FN2O2/c19-14-6-4-13(5-7-14)12-21-10-8-15(9-11-21)20-18(23)16-2-1-3-17(16)22/h4-7,15-17,22H,1-3,8-12H2,(H,20,23). The van der Waals surface area contributed by atoms with E-state index in [0.29, 0.717) is 0 Å². The highest BCUT2D eigenvalue weighted by atomic mass is 19.1. The van der Waals surface area contributed by atoms with Crippen LogP contribution in [0.5, 0.6) is 0 Å². The Morgan fingerprint density at radius 2 is 1.87 bits per heavy atom. The minimum absolute atomic E-state index is 0.0204. The minimum atomic E-state index is -0.464. The number of aliphatic hydroxyl groups is 1. The molecule has 0 spiro atoms. The van der Waals surface area contributed by atoms with Crippen LogP contribution in [0.3, 0.4) is 0 Å². The van der Waals surface area contributed by atoms with E-state index in [4.69, 9.17) is 0 Å². The third kappa shape index (κ3) is 4.30. The number of amides is 1. The summed E-state index contributed by atoms with van der Waals surface area (Å²) in [6, 6.07) is 6.85. The van der Waals surface area contributed by atoms with Gasteiger partial charge in [-0.1, -0.05) is 12.1 Å². The molecule has 0 aromatic heterocycles. The first-order valence-corrected chi connectivity index (χ1v) is 8.57. The van der Waals surface area contributed by atoms with E-state index in [2.05, 4.69) is 10.2 Å². The predicted octanol–water partition coefficient (Wildman–Crippen LogP) is 2.07. The van der Waals surface area contributed by atoms with Crippen molar-refractivity contribution < 1.29 is 14.3 Å². The lowest BCUT2D eigenvalue weighted by atomic mass is 10.0. The van der Waals surface area contributed by atoms with E-state index in [1.165, 1.54) is 12.1 Å². The second kappa shape index (κ2) is 7.41. The molecule has 23 heavy (non-hydrogen) atoms. The van der Waals surface area contributed by atoms with Crippen molar-refractivity contribution in [3.63, 3.8) is 0 Å². The van der Waals surface area contributed by atoms with E-state index in [1.807, 2.05) is 12.1 Å². The Morgan fingerprint density at radius 3 is 2.48 bits per heavy atom. The number of piperidine rings is 1. The van der Waals surface area contributed by atoms with Crippen molar-refractivity contribution in [1.29, 1.82) is 0 Å². The number of likely N-dealkylation sites (tertiary alicyclic amines) is 1. The van der Waals surface area contributed by atoms with E-state index in [-0.39, 0.29) is 23.7 Å². The monoisotopic (exact) mass is 320 g/mol. The lowest BCUT2D eigenvalue weighted by Crippen LogP contribution is -2.47. The fourth-order valence-corrected chi connectivity index (χ4v) is 3.64. The lowest BCUT2D eigenvalue weighted by molar-refractivity contribution is -0.128. The molecule has 1 saturated carbocycles. The zero-order valence-electron chi connectivity index (χ0n) is 13.4. The highest BCUT2D eigenvalue weighted by Crippen LogP contribution is 2.26. The highest BCUT2D eigenvalue weighted by Gasteiger charge is 2.33. The molecule has 2 unspecified atom stereocenters. The molecule has 126 valence electrons. The Balaban J connectivity index is 1.43. The minimum Gasteiger partial charge on any atom is -0.392 e. The number of benzene rings is 1. The molecule has 1 amide bonds. The number of carbonyl (C=O) groups excluding carboxylic acids is 1. The zero-order chi connectivity index (χ0) is 16.2. The summed E-state index contributed by atoms with van der Waals surface area (Å²) in [7, 11) is 0. The molecule has 1 saturated heterocycles. The van der Waals surface area contributed by atoms with Crippen LogP contribution in [0.2, 0.25) is 0 Å². The maximum absolute atomic E-state index is 12.9. The van der Waals surface area contributed by atoms with Gasteiger partial charge in [0.25, 0.3) is 0 Å². The Morgan fingerprint density at radius 1 is 1.17 bits per heavy atom. The van der Waals surface area contributed by atoms with Gasteiger partial charge in [0.05, 0.1) is 12.0 Å². The van der Waals surface area contributed by atoms with Gasteiger partial charge in [0, 0.05) is 25.7 Å². The Bertz CT molecular complexity index is 526. The number of hydrogen-bond donors (Lipinski definition) is 2. The second-order valence-electron chi connectivity index (χ2n) is 6.79.